The van der Waals surface area contributed by atoms with Crippen LogP contribution in [0.3, 0.4) is 0 Å². The van der Waals surface area contributed by atoms with Crippen molar-refractivity contribution in [2.45, 2.75) is 6.54 Å². The Hall–Kier alpha value is -3.76. The SMILES string of the molecule is COc1ccc(-n2c(=O)c3sccc3n(Cc3nc(-c4ccc(Cl)c(F)c4)no3)c2=O)cc1. The predicted molar refractivity (Wildman–Crippen MR) is 122 cm³/mol. The van der Waals surface area contributed by atoms with E-state index in [1.807, 2.05) is 0 Å². The number of benzene rings is 2. The summed E-state index contributed by atoms with van der Waals surface area (Å²) in [5.74, 6) is 0.262. The maximum Gasteiger partial charge on any atom is 0.336 e. The van der Waals surface area contributed by atoms with Gasteiger partial charge in [0, 0.05) is 5.56 Å². The Bertz CT molecular complexity index is 1600. The zero-order chi connectivity index (χ0) is 23.1. The molecule has 11 heteroatoms. The lowest BCUT2D eigenvalue weighted by Crippen LogP contribution is -2.38. The quantitative estimate of drug-likeness (QED) is 0.373. The normalized spacial score (nSPS) is 11.2. The smallest absolute Gasteiger partial charge is 0.336 e. The molecule has 5 aromatic rings. The van der Waals surface area contributed by atoms with E-state index in [0.717, 1.165) is 4.57 Å². The fourth-order valence-electron chi connectivity index (χ4n) is 3.41. The fraction of sp³-hybridized carbons (Fsp3) is 0.0909. The molecule has 0 bridgehead atoms. The summed E-state index contributed by atoms with van der Waals surface area (Å²) in [7, 11) is 1.53. The minimum absolute atomic E-state index is 0.0188. The van der Waals surface area contributed by atoms with Gasteiger partial charge in [0.25, 0.3) is 5.56 Å². The van der Waals surface area contributed by atoms with Crippen molar-refractivity contribution < 1.29 is 13.7 Å². The first-order valence-corrected chi connectivity index (χ1v) is 10.9. The van der Waals surface area contributed by atoms with Gasteiger partial charge in [-0.3, -0.25) is 9.36 Å². The monoisotopic (exact) mass is 484 g/mol. The average molecular weight is 485 g/mol. The maximum atomic E-state index is 13.8. The van der Waals surface area contributed by atoms with E-state index in [2.05, 4.69) is 10.1 Å². The van der Waals surface area contributed by atoms with Crippen molar-refractivity contribution in [1.29, 1.82) is 0 Å². The molecule has 0 aliphatic carbocycles. The molecular formula is C22H14ClFN4O4S. The van der Waals surface area contributed by atoms with E-state index in [1.165, 1.54) is 35.1 Å². The van der Waals surface area contributed by atoms with E-state index < -0.39 is 17.1 Å². The molecule has 0 saturated heterocycles. The lowest BCUT2D eigenvalue weighted by atomic mass is 10.2. The van der Waals surface area contributed by atoms with Gasteiger partial charge in [0.05, 0.1) is 23.3 Å². The van der Waals surface area contributed by atoms with E-state index in [9.17, 15) is 14.0 Å². The number of nitrogens with zero attached hydrogens (tertiary/aromatic N) is 4. The number of fused-ring (bicyclic) bond motifs is 1. The summed E-state index contributed by atoms with van der Waals surface area (Å²) in [5, 5.41) is 5.59. The molecule has 166 valence electrons. The van der Waals surface area contributed by atoms with Gasteiger partial charge in [0.15, 0.2) is 0 Å². The summed E-state index contributed by atoms with van der Waals surface area (Å²) >= 11 is 6.96. The van der Waals surface area contributed by atoms with Gasteiger partial charge in [-0.05, 0) is 53.9 Å². The molecule has 3 aromatic heterocycles. The Morgan fingerprint density at radius 3 is 2.67 bits per heavy atom. The molecule has 0 saturated carbocycles. The lowest BCUT2D eigenvalue weighted by Gasteiger charge is -2.11. The van der Waals surface area contributed by atoms with Crippen molar-refractivity contribution in [2.75, 3.05) is 7.11 Å². The highest BCUT2D eigenvalue weighted by Gasteiger charge is 2.18. The molecule has 0 amide bonds. The second-order valence-corrected chi connectivity index (χ2v) is 8.31. The van der Waals surface area contributed by atoms with Gasteiger partial charge >= 0.3 is 5.69 Å². The van der Waals surface area contributed by atoms with E-state index in [1.54, 1.807) is 41.8 Å². The van der Waals surface area contributed by atoms with Crippen molar-refractivity contribution in [3.05, 3.63) is 91.5 Å². The summed E-state index contributed by atoms with van der Waals surface area (Å²) in [6.45, 7) is -0.0778. The van der Waals surface area contributed by atoms with Crippen LogP contribution in [0.4, 0.5) is 4.39 Å². The number of halogens is 2. The van der Waals surface area contributed by atoms with Crippen LogP contribution >= 0.6 is 22.9 Å². The largest absolute Gasteiger partial charge is 0.497 e. The number of methoxy groups -OCH3 is 1. The van der Waals surface area contributed by atoms with Crippen molar-refractivity contribution >= 4 is 33.2 Å². The maximum absolute atomic E-state index is 13.8. The number of hydrogen-bond acceptors (Lipinski definition) is 7. The number of rotatable bonds is 5. The minimum atomic E-state index is -0.608. The summed E-state index contributed by atoms with van der Waals surface area (Å²) < 4.78 is 27.1. The van der Waals surface area contributed by atoms with Crippen LogP contribution in [0.1, 0.15) is 5.89 Å². The molecule has 5 rings (SSSR count). The third-order valence-corrected chi connectivity index (χ3v) is 6.22. The van der Waals surface area contributed by atoms with E-state index in [-0.39, 0.29) is 23.3 Å². The Balaban J connectivity index is 1.59. The van der Waals surface area contributed by atoms with Crippen molar-refractivity contribution in [2.24, 2.45) is 0 Å². The average Bonchev–Trinajstić information content (AvgIpc) is 3.49. The number of thiophene rings is 1. The predicted octanol–water partition coefficient (Wildman–Crippen LogP) is 4.11. The van der Waals surface area contributed by atoms with E-state index in [0.29, 0.717) is 27.2 Å². The highest BCUT2D eigenvalue weighted by atomic mass is 35.5. The second-order valence-electron chi connectivity index (χ2n) is 6.98. The van der Waals surface area contributed by atoms with Crippen LogP contribution in [-0.2, 0) is 6.54 Å². The Morgan fingerprint density at radius 1 is 1.15 bits per heavy atom. The van der Waals surface area contributed by atoms with Crippen LogP contribution in [0.15, 0.2) is 68.0 Å². The van der Waals surface area contributed by atoms with Gasteiger partial charge in [-0.1, -0.05) is 16.8 Å². The Labute approximate surface area is 194 Å². The molecule has 33 heavy (non-hydrogen) atoms. The van der Waals surface area contributed by atoms with Gasteiger partial charge in [-0.2, -0.15) is 4.98 Å². The van der Waals surface area contributed by atoms with Crippen LogP contribution in [0, 0.1) is 5.82 Å². The van der Waals surface area contributed by atoms with Crippen molar-refractivity contribution in [1.82, 2.24) is 19.3 Å². The standard InChI is InChI=1S/C22H14ClFN4O4S/c1-31-14-5-3-13(4-6-14)28-21(29)19-17(8-9-33-19)27(22(28)30)11-18-25-20(26-32-18)12-2-7-15(23)16(24)10-12/h2-10H,11H2,1H3. The minimum Gasteiger partial charge on any atom is -0.497 e. The summed E-state index contributed by atoms with van der Waals surface area (Å²) in [4.78, 5) is 30.7. The molecule has 2 aromatic carbocycles. The molecule has 0 N–H and O–H groups in total. The summed E-state index contributed by atoms with van der Waals surface area (Å²) in [5.41, 5.74) is 0.250. The highest BCUT2D eigenvalue weighted by molar-refractivity contribution is 7.17. The van der Waals surface area contributed by atoms with Crippen LogP contribution < -0.4 is 16.0 Å². The first-order valence-electron chi connectivity index (χ1n) is 9.62. The molecule has 0 aliphatic heterocycles. The van der Waals surface area contributed by atoms with Crippen LogP contribution in [0.25, 0.3) is 27.3 Å². The van der Waals surface area contributed by atoms with Gasteiger partial charge in [-0.15, -0.1) is 11.3 Å². The van der Waals surface area contributed by atoms with E-state index in [4.69, 9.17) is 20.9 Å². The number of aromatic nitrogens is 4. The van der Waals surface area contributed by atoms with Crippen LogP contribution in [-0.4, -0.2) is 26.4 Å². The third-order valence-electron chi connectivity index (χ3n) is 5.02. The zero-order valence-corrected chi connectivity index (χ0v) is 18.6. The Kier molecular flexibility index (Phi) is 5.31. The summed E-state index contributed by atoms with van der Waals surface area (Å²) in [6.07, 6.45) is 0. The van der Waals surface area contributed by atoms with Gasteiger partial charge in [0.1, 0.15) is 22.8 Å². The molecule has 0 radical (unpaired) electrons. The van der Waals surface area contributed by atoms with Gasteiger partial charge in [-0.25, -0.2) is 13.8 Å². The molecule has 0 spiro atoms. The molecule has 3 heterocycles. The lowest BCUT2D eigenvalue weighted by molar-refractivity contribution is 0.370. The molecule has 0 fully saturated rings. The second kappa shape index (κ2) is 8.30. The molecule has 8 nitrogen and oxygen atoms in total. The third kappa shape index (κ3) is 3.73. The molecule has 0 aliphatic rings. The van der Waals surface area contributed by atoms with Gasteiger partial charge in [0.2, 0.25) is 11.7 Å². The Morgan fingerprint density at radius 2 is 1.94 bits per heavy atom. The molecular weight excluding hydrogens is 471 g/mol. The molecule has 0 atom stereocenters. The van der Waals surface area contributed by atoms with Crippen molar-refractivity contribution in [3.63, 3.8) is 0 Å². The number of ether oxygens (including phenoxy) is 1. The topological polar surface area (TPSA) is 92.2 Å². The number of hydrogen-bond donors (Lipinski definition) is 0. The van der Waals surface area contributed by atoms with Crippen molar-refractivity contribution in [3.8, 4) is 22.8 Å². The molecule has 0 unspecified atom stereocenters. The fourth-order valence-corrected chi connectivity index (χ4v) is 4.35. The van der Waals surface area contributed by atoms with E-state index >= 15 is 0 Å². The van der Waals surface area contributed by atoms with Crippen LogP contribution in [0.2, 0.25) is 5.02 Å². The van der Waals surface area contributed by atoms with Gasteiger partial charge < -0.3 is 9.26 Å². The van der Waals surface area contributed by atoms with Crippen LogP contribution in [0.5, 0.6) is 5.75 Å². The highest BCUT2D eigenvalue weighted by Crippen LogP contribution is 2.23. The first kappa shape index (κ1) is 21.1. The first-order chi connectivity index (χ1) is 16.0. The summed E-state index contributed by atoms with van der Waals surface area (Å²) in [6, 6.07) is 12.4. The zero-order valence-electron chi connectivity index (χ0n) is 17.0.